The summed E-state index contributed by atoms with van der Waals surface area (Å²) in [4.78, 5) is 41.4. The lowest BCUT2D eigenvalue weighted by molar-refractivity contribution is -0.130. The SMILES string of the molecule is CCCN1C(=O)S/C(=C\c2cn(CC(=O)N3CCCC3)c3c(CC)cccc23)C1=O. The zero-order valence-electron chi connectivity index (χ0n) is 17.5. The Labute approximate surface area is 180 Å². The lowest BCUT2D eigenvalue weighted by Crippen LogP contribution is -2.30. The first kappa shape index (κ1) is 20.7. The molecule has 0 bridgehead atoms. The second kappa shape index (κ2) is 8.68. The van der Waals surface area contributed by atoms with E-state index < -0.39 is 0 Å². The predicted molar refractivity (Wildman–Crippen MR) is 120 cm³/mol. The molecule has 3 amide bonds. The molecule has 1 aromatic heterocycles. The lowest BCUT2D eigenvalue weighted by atomic mass is 10.1. The molecule has 0 radical (unpaired) electrons. The number of aromatic nitrogens is 1. The van der Waals surface area contributed by atoms with Crippen LogP contribution in [0, 0.1) is 0 Å². The van der Waals surface area contributed by atoms with Crippen LogP contribution in [0.1, 0.15) is 44.2 Å². The standard InChI is InChI=1S/C23H27N3O3S/c1-3-10-26-22(28)19(30-23(26)29)13-17-14-25(15-20(27)24-11-5-6-12-24)21-16(4-2)8-7-9-18(17)21/h7-9,13-14H,3-6,10-12,15H2,1-2H3/b19-13-. The van der Waals surface area contributed by atoms with Crippen molar-refractivity contribution >= 4 is 45.8 Å². The first-order valence-electron chi connectivity index (χ1n) is 10.7. The van der Waals surface area contributed by atoms with E-state index in [1.54, 1.807) is 6.08 Å². The number of imide groups is 1. The molecule has 0 atom stereocenters. The predicted octanol–water partition coefficient (Wildman–Crippen LogP) is 4.27. The first-order valence-corrected chi connectivity index (χ1v) is 11.5. The Morgan fingerprint density at radius 1 is 1.17 bits per heavy atom. The zero-order chi connectivity index (χ0) is 21.3. The van der Waals surface area contributed by atoms with Crippen molar-refractivity contribution in [2.75, 3.05) is 19.6 Å². The molecule has 158 valence electrons. The molecule has 4 rings (SSSR count). The van der Waals surface area contributed by atoms with Crippen LogP contribution in [0.3, 0.4) is 0 Å². The van der Waals surface area contributed by atoms with Crippen LogP contribution in [0.2, 0.25) is 0 Å². The largest absolute Gasteiger partial charge is 0.341 e. The molecule has 0 N–H and O–H groups in total. The van der Waals surface area contributed by atoms with Crippen molar-refractivity contribution in [3.63, 3.8) is 0 Å². The van der Waals surface area contributed by atoms with Gasteiger partial charge >= 0.3 is 0 Å². The van der Waals surface area contributed by atoms with Crippen LogP contribution in [0.5, 0.6) is 0 Å². The van der Waals surface area contributed by atoms with Gasteiger partial charge in [0.2, 0.25) is 5.91 Å². The summed E-state index contributed by atoms with van der Waals surface area (Å²) in [7, 11) is 0. The molecule has 2 saturated heterocycles. The monoisotopic (exact) mass is 425 g/mol. The molecule has 2 aliphatic heterocycles. The van der Waals surface area contributed by atoms with E-state index in [9.17, 15) is 14.4 Å². The normalized spacial score (nSPS) is 18.4. The van der Waals surface area contributed by atoms with Gasteiger partial charge in [-0.1, -0.05) is 32.0 Å². The fourth-order valence-corrected chi connectivity index (χ4v) is 5.12. The van der Waals surface area contributed by atoms with Gasteiger partial charge in [-0.3, -0.25) is 19.3 Å². The molecule has 0 saturated carbocycles. The van der Waals surface area contributed by atoms with Gasteiger partial charge in [-0.15, -0.1) is 0 Å². The van der Waals surface area contributed by atoms with E-state index in [0.29, 0.717) is 18.0 Å². The number of fused-ring (bicyclic) bond motifs is 1. The lowest BCUT2D eigenvalue weighted by Gasteiger charge is -2.16. The van der Waals surface area contributed by atoms with Crippen LogP contribution in [0.4, 0.5) is 4.79 Å². The van der Waals surface area contributed by atoms with Crippen molar-refractivity contribution in [3.8, 4) is 0 Å². The van der Waals surface area contributed by atoms with Crippen molar-refractivity contribution in [3.05, 3.63) is 40.4 Å². The number of hydrogen-bond donors (Lipinski definition) is 0. The van der Waals surface area contributed by atoms with Gasteiger partial charge in [0.05, 0.1) is 10.4 Å². The molecule has 3 heterocycles. The Kier molecular flexibility index (Phi) is 5.99. The second-order valence-electron chi connectivity index (χ2n) is 7.80. The summed E-state index contributed by atoms with van der Waals surface area (Å²) in [6.45, 7) is 6.44. The summed E-state index contributed by atoms with van der Waals surface area (Å²) >= 11 is 0.993. The van der Waals surface area contributed by atoms with Gasteiger partial charge in [0.15, 0.2) is 0 Å². The van der Waals surface area contributed by atoms with Crippen LogP contribution in [0.25, 0.3) is 17.0 Å². The highest BCUT2D eigenvalue weighted by Gasteiger charge is 2.34. The minimum absolute atomic E-state index is 0.130. The average Bonchev–Trinajstić information content (AvgIpc) is 3.45. The van der Waals surface area contributed by atoms with E-state index in [-0.39, 0.29) is 17.1 Å². The Hall–Kier alpha value is -2.54. The topological polar surface area (TPSA) is 62.6 Å². The smallest absolute Gasteiger partial charge is 0.293 e. The molecule has 2 fully saturated rings. The molecular weight excluding hydrogens is 398 g/mol. The second-order valence-corrected chi connectivity index (χ2v) is 8.79. The van der Waals surface area contributed by atoms with Gasteiger partial charge in [-0.25, -0.2) is 0 Å². The van der Waals surface area contributed by atoms with Crippen LogP contribution in [-0.4, -0.2) is 51.1 Å². The number of carbonyl (C=O) groups excluding carboxylic acids is 3. The molecule has 0 unspecified atom stereocenters. The van der Waals surface area contributed by atoms with Crippen molar-refractivity contribution < 1.29 is 14.4 Å². The molecule has 30 heavy (non-hydrogen) atoms. The third-order valence-corrected chi connectivity index (χ3v) is 6.67. The number of para-hydroxylation sites is 1. The van der Waals surface area contributed by atoms with E-state index >= 15 is 0 Å². The molecule has 2 aromatic rings. The van der Waals surface area contributed by atoms with Crippen molar-refractivity contribution in [1.29, 1.82) is 0 Å². The molecular formula is C23H27N3O3S. The maximum Gasteiger partial charge on any atom is 0.293 e. The number of benzene rings is 1. The highest BCUT2D eigenvalue weighted by molar-refractivity contribution is 8.18. The maximum atomic E-state index is 12.8. The summed E-state index contributed by atoms with van der Waals surface area (Å²) in [5, 5.41) is 0.793. The third kappa shape index (κ3) is 3.78. The molecule has 0 spiro atoms. The highest BCUT2D eigenvalue weighted by atomic mass is 32.2. The van der Waals surface area contributed by atoms with Crippen LogP contribution in [-0.2, 0) is 22.6 Å². The summed E-state index contributed by atoms with van der Waals surface area (Å²) in [6.07, 6.45) is 7.48. The van der Waals surface area contributed by atoms with Crippen molar-refractivity contribution in [1.82, 2.24) is 14.4 Å². The van der Waals surface area contributed by atoms with Gasteiger partial charge in [0.1, 0.15) is 6.54 Å². The molecule has 7 heteroatoms. The van der Waals surface area contributed by atoms with Gasteiger partial charge in [0, 0.05) is 36.8 Å². The first-order chi connectivity index (χ1) is 14.5. The average molecular weight is 426 g/mol. The summed E-state index contributed by atoms with van der Waals surface area (Å²) in [5.74, 6) is -0.0994. The molecule has 1 aromatic carbocycles. The van der Waals surface area contributed by atoms with E-state index in [0.717, 1.165) is 67.0 Å². The Balaban J connectivity index is 1.73. The van der Waals surface area contributed by atoms with Crippen LogP contribution in [0.15, 0.2) is 29.3 Å². The number of amides is 3. The van der Waals surface area contributed by atoms with Crippen molar-refractivity contribution in [2.45, 2.75) is 46.1 Å². The Morgan fingerprint density at radius 3 is 2.63 bits per heavy atom. The molecule has 6 nitrogen and oxygen atoms in total. The van der Waals surface area contributed by atoms with E-state index in [2.05, 4.69) is 13.0 Å². The maximum absolute atomic E-state index is 12.8. The van der Waals surface area contributed by atoms with Crippen LogP contribution >= 0.6 is 11.8 Å². The summed E-state index contributed by atoms with van der Waals surface area (Å²) in [5.41, 5.74) is 3.07. The molecule has 2 aliphatic rings. The Morgan fingerprint density at radius 2 is 1.93 bits per heavy atom. The quantitative estimate of drug-likeness (QED) is 0.649. The minimum Gasteiger partial charge on any atom is -0.341 e. The van der Waals surface area contributed by atoms with Gasteiger partial charge in [-0.05, 0) is 49.1 Å². The van der Waals surface area contributed by atoms with Gasteiger partial charge in [-0.2, -0.15) is 0 Å². The number of rotatable bonds is 6. The van der Waals surface area contributed by atoms with Gasteiger partial charge in [0.25, 0.3) is 11.1 Å². The molecule has 0 aliphatic carbocycles. The number of likely N-dealkylation sites (tertiary alicyclic amines) is 1. The number of carbonyl (C=O) groups is 3. The fraction of sp³-hybridized carbons (Fsp3) is 0.435. The Bertz CT molecular complexity index is 1030. The highest BCUT2D eigenvalue weighted by Crippen LogP contribution is 2.35. The van der Waals surface area contributed by atoms with E-state index in [1.807, 2.05) is 34.7 Å². The zero-order valence-corrected chi connectivity index (χ0v) is 18.3. The number of hydrogen-bond acceptors (Lipinski definition) is 4. The number of aryl methyl sites for hydroxylation is 1. The van der Waals surface area contributed by atoms with Crippen LogP contribution < -0.4 is 0 Å². The summed E-state index contributed by atoms with van der Waals surface area (Å²) < 4.78 is 2.01. The third-order valence-electron chi connectivity index (χ3n) is 5.77. The van der Waals surface area contributed by atoms with Crippen molar-refractivity contribution in [2.24, 2.45) is 0 Å². The fourth-order valence-electron chi connectivity index (χ4n) is 4.26. The number of thioether (sulfide) groups is 1. The number of nitrogens with zero attached hydrogens (tertiary/aromatic N) is 3. The van der Waals surface area contributed by atoms with Gasteiger partial charge < -0.3 is 9.47 Å². The van der Waals surface area contributed by atoms with E-state index in [4.69, 9.17) is 0 Å². The summed E-state index contributed by atoms with van der Waals surface area (Å²) in [6, 6.07) is 6.11. The minimum atomic E-state index is -0.229. The van der Waals surface area contributed by atoms with E-state index in [1.165, 1.54) is 10.5 Å².